The van der Waals surface area contributed by atoms with Gasteiger partial charge in [0.05, 0.1) is 13.7 Å². The number of carbonyl (C=O) groups excluding carboxylic acids is 1. The van der Waals surface area contributed by atoms with E-state index >= 15 is 0 Å². The molecule has 110 valence electrons. The first-order valence-corrected chi connectivity index (χ1v) is 6.84. The number of hydrogen-bond donors (Lipinski definition) is 2. The summed E-state index contributed by atoms with van der Waals surface area (Å²) in [5.41, 5.74) is 3.68. The summed E-state index contributed by atoms with van der Waals surface area (Å²) in [6.45, 7) is 4.14. The normalized spacial score (nSPS) is 10.0. The Morgan fingerprint density at radius 3 is 2.48 bits per heavy atom. The van der Waals surface area contributed by atoms with Crippen molar-refractivity contribution >= 4 is 17.3 Å². The van der Waals surface area contributed by atoms with Crippen LogP contribution in [0.3, 0.4) is 0 Å². The summed E-state index contributed by atoms with van der Waals surface area (Å²) >= 11 is 0. The van der Waals surface area contributed by atoms with Crippen LogP contribution in [0.1, 0.15) is 11.1 Å². The molecule has 0 saturated carbocycles. The first-order chi connectivity index (χ1) is 10.1. The van der Waals surface area contributed by atoms with Crippen LogP contribution in [0.2, 0.25) is 0 Å². The average Bonchev–Trinajstić information content (AvgIpc) is 2.50. The summed E-state index contributed by atoms with van der Waals surface area (Å²) < 4.78 is 5.36. The lowest BCUT2D eigenvalue weighted by Gasteiger charge is -2.14. The van der Waals surface area contributed by atoms with Crippen LogP contribution in [-0.2, 0) is 4.79 Å². The molecule has 2 aromatic carbocycles. The fraction of sp³-hybridized carbons (Fsp3) is 0.235. The van der Waals surface area contributed by atoms with Gasteiger partial charge in [-0.25, -0.2) is 0 Å². The van der Waals surface area contributed by atoms with Gasteiger partial charge in [0.15, 0.2) is 0 Å². The van der Waals surface area contributed by atoms with Crippen molar-refractivity contribution in [3.63, 3.8) is 0 Å². The molecule has 1 amide bonds. The minimum atomic E-state index is -0.0899. The molecule has 0 aliphatic rings. The summed E-state index contributed by atoms with van der Waals surface area (Å²) in [7, 11) is 1.64. The first-order valence-electron chi connectivity index (χ1n) is 6.84. The molecule has 2 rings (SSSR count). The second-order valence-corrected chi connectivity index (χ2v) is 4.86. The quantitative estimate of drug-likeness (QED) is 0.885. The first kappa shape index (κ1) is 14.9. The number of carbonyl (C=O) groups is 1. The van der Waals surface area contributed by atoms with E-state index in [1.54, 1.807) is 7.11 Å². The van der Waals surface area contributed by atoms with Crippen LogP contribution in [0.15, 0.2) is 42.5 Å². The smallest absolute Gasteiger partial charge is 0.243 e. The van der Waals surface area contributed by atoms with E-state index in [4.69, 9.17) is 4.74 Å². The van der Waals surface area contributed by atoms with Gasteiger partial charge in [-0.1, -0.05) is 24.3 Å². The maximum absolute atomic E-state index is 12.0. The molecule has 4 nitrogen and oxygen atoms in total. The second kappa shape index (κ2) is 6.79. The largest absolute Gasteiger partial charge is 0.496 e. The fourth-order valence-electron chi connectivity index (χ4n) is 2.21. The molecule has 0 fully saturated rings. The van der Waals surface area contributed by atoms with E-state index in [9.17, 15) is 4.79 Å². The van der Waals surface area contributed by atoms with Gasteiger partial charge in [-0.05, 0) is 37.6 Å². The Morgan fingerprint density at radius 2 is 1.81 bits per heavy atom. The molecular weight excluding hydrogens is 264 g/mol. The number of aryl methyl sites for hydroxylation is 1. The molecule has 0 radical (unpaired) electrons. The van der Waals surface area contributed by atoms with Crippen LogP contribution in [0.4, 0.5) is 11.4 Å². The molecule has 2 aromatic rings. The van der Waals surface area contributed by atoms with E-state index in [2.05, 4.69) is 10.6 Å². The third-order valence-electron chi connectivity index (χ3n) is 3.31. The van der Waals surface area contributed by atoms with E-state index in [1.165, 1.54) is 0 Å². The highest BCUT2D eigenvalue weighted by Gasteiger charge is 2.10. The molecule has 0 bridgehead atoms. The number of methoxy groups -OCH3 is 1. The Hall–Kier alpha value is -2.49. The molecule has 0 aliphatic heterocycles. The number of anilines is 2. The third kappa shape index (κ3) is 3.75. The zero-order chi connectivity index (χ0) is 15.2. The summed E-state index contributed by atoms with van der Waals surface area (Å²) in [6.07, 6.45) is 0. The molecule has 0 heterocycles. The van der Waals surface area contributed by atoms with Crippen molar-refractivity contribution in [2.24, 2.45) is 0 Å². The van der Waals surface area contributed by atoms with Gasteiger partial charge in [0.1, 0.15) is 5.75 Å². The van der Waals surface area contributed by atoms with E-state index in [0.717, 1.165) is 28.3 Å². The Morgan fingerprint density at radius 1 is 1.10 bits per heavy atom. The number of hydrogen-bond acceptors (Lipinski definition) is 3. The molecule has 0 saturated heterocycles. The van der Waals surface area contributed by atoms with Crippen molar-refractivity contribution in [1.82, 2.24) is 0 Å². The van der Waals surface area contributed by atoms with Crippen LogP contribution < -0.4 is 15.4 Å². The minimum Gasteiger partial charge on any atom is -0.496 e. The van der Waals surface area contributed by atoms with E-state index < -0.39 is 0 Å². The summed E-state index contributed by atoms with van der Waals surface area (Å²) in [6, 6.07) is 13.5. The van der Waals surface area contributed by atoms with Crippen molar-refractivity contribution in [2.45, 2.75) is 13.8 Å². The molecule has 0 unspecified atom stereocenters. The molecule has 0 aromatic heterocycles. The van der Waals surface area contributed by atoms with E-state index in [1.807, 2.05) is 56.3 Å². The Labute approximate surface area is 125 Å². The number of para-hydroxylation sites is 1. The fourth-order valence-corrected chi connectivity index (χ4v) is 2.21. The maximum atomic E-state index is 12.0. The van der Waals surface area contributed by atoms with Crippen LogP contribution in [0.5, 0.6) is 5.75 Å². The molecule has 0 aliphatic carbocycles. The van der Waals surface area contributed by atoms with E-state index in [-0.39, 0.29) is 12.5 Å². The molecule has 0 spiro atoms. The third-order valence-corrected chi connectivity index (χ3v) is 3.31. The lowest BCUT2D eigenvalue weighted by molar-refractivity contribution is -0.114. The van der Waals surface area contributed by atoms with Crippen molar-refractivity contribution in [1.29, 1.82) is 0 Å². The Bertz CT molecular complexity index is 624. The van der Waals surface area contributed by atoms with Crippen LogP contribution in [-0.4, -0.2) is 19.6 Å². The van der Waals surface area contributed by atoms with Crippen molar-refractivity contribution in [3.05, 3.63) is 53.6 Å². The van der Waals surface area contributed by atoms with Crippen molar-refractivity contribution < 1.29 is 9.53 Å². The predicted molar refractivity (Wildman–Crippen MR) is 86.0 cm³/mol. The van der Waals surface area contributed by atoms with Gasteiger partial charge in [0, 0.05) is 16.9 Å². The van der Waals surface area contributed by atoms with Gasteiger partial charge >= 0.3 is 0 Å². The standard InChI is InChI=1S/C17H20N2O2/c1-12-9-10-15(13(2)17(12)21-3)19-16(20)11-18-14-7-5-4-6-8-14/h4-10,18H,11H2,1-3H3,(H,19,20). The molecular formula is C17H20N2O2. The topological polar surface area (TPSA) is 50.4 Å². The second-order valence-electron chi connectivity index (χ2n) is 4.86. The van der Waals surface area contributed by atoms with Crippen molar-refractivity contribution in [2.75, 3.05) is 24.3 Å². The van der Waals surface area contributed by atoms with Gasteiger partial charge in [-0.2, -0.15) is 0 Å². The van der Waals surface area contributed by atoms with Gasteiger partial charge in [-0.3, -0.25) is 4.79 Å². The highest BCUT2D eigenvalue weighted by Crippen LogP contribution is 2.29. The monoisotopic (exact) mass is 284 g/mol. The lowest BCUT2D eigenvalue weighted by Crippen LogP contribution is -2.22. The maximum Gasteiger partial charge on any atom is 0.243 e. The van der Waals surface area contributed by atoms with Crippen LogP contribution in [0, 0.1) is 13.8 Å². The highest BCUT2D eigenvalue weighted by atomic mass is 16.5. The predicted octanol–water partition coefficient (Wildman–Crippen LogP) is 3.36. The SMILES string of the molecule is COc1c(C)ccc(NC(=O)CNc2ccccc2)c1C. The zero-order valence-electron chi connectivity index (χ0n) is 12.6. The molecule has 2 N–H and O–H groups in total. The molecule has 21 heavy (non-hydrogen) atoms. The number of amides is 1. The van der Waals surface area contributed by atoms with Crippen LogP contribution in [0.25, 0.3) is 0 Å². The summed E-state index contributed by atoms with van der Waals surface area (Å²) in [5.74, 6) is 0.719. The minimum absolute atomic E-state index is 0.0899. The van der Waals surface area contributed by atoms with Crippen molar-refractivity contribution in [3.8, 4) is 5.75 Å². The number of ether oxygens (including phenoxy) is 1. The van der Waals surface area contributed by atoms with Gasteiger partial charge in [0.25, 0.3) is 0 Å². The van der Waals surface area contributed by atoms with Gasteiger partial charge < -0.3 is 15.4 Å². The number of nitrogens with one attached hydrogen (secondary N) is 2. The Kier molecular flexibility index (Phi) is 4.82. The Balaban J connectivity index is 2.00. The summed E-state index contributed by atoms with van der Waals surface area (Å²) in [4.78, 5) is 12.0. The summed E-state index contributed by atoms with van der Waals surface area (Å²) in [5, 5.41) is 5.98. The number of benzene rings is 2. The molecule has 4 heteroatoms. The lowest BCUT2D eigenvalue weighted by atomic mass is 10.1. The highest BCUT2D eigenvalue weighted by molar-refractivity contribution is 5.94. The molecule has 0 atom stereocenters. The van der Waals surface area contributed by atoms with Gasteiger partial charge in [-0.15, -0.1) is 0 Å². The zero-order valence-corrected chi connectivity index (χ0v) is 12.6. The van der Waals surface area contributed by atoms with Gasteiger partial charge in [0.2, 0.25) is 5.91 Å². The van der Waals surface area contributed by atoms with E-state index in [0.29, 0.717) is 0 Å². The van der Waals surface area contributed by atoms with Crippen LogP contribution >= 0.6 is 0 Å². The average molecular weight is 284 g/mol. The number of rotatable bonds is 5.